The summed E-state index contributed by atoms with van der Waals surface area (Å²) in [6.07, 6.45) is 2.26. The lowest BCUT2D eigenvalue weighted by molar-refractivity contribution is 0.0239. The van der Waals surface area contributed by atoms with Crippen molar-refractivity contribution in [1.29, 1.82) is 0 Å². The number of hydrogen-bond acceptors (Lipinski definition) is 4. The Kier molecular flexibility index (Phi) is 4.77. The minimum Gasteiger partial charge on any atom is -0.497 e. The number of rotatable bonds is 5. The molecule has 0 aromatic carbocycles. The van der Waals surface area contributed by atoms with Crippen molar-refractivity contribution >= 4 is 0 Å². The minimum atomic E-state index is 0.353. The van der Waals surface area contributed by atoms with E-state index in [0.717, 1.165) is 56.3 Å². The Labute approximate surface area is 115 Å². The molecule has 1 aliphatic heterocycles. The van der Waals surface area contributed by atoms with Crippen LogP contribution < -0.4 is 10.1 Å². The van der Waals surface area contributed by atoms with Crippen molar-refractivity contribution < 1.29 is 9.47 Å². The summed E-state index contributed by atoms with van der Waals surface area (Å²) in [6, 6.07) is 3.94. The molecule has 0 spiro atoms. The van der Waals surface area contributed by atoms with Gasteiger partial charge in [0.1, 0.15) is 5.75 Å². The third kappa shape index (κ3) is 4.18. The number of pyridine rings is 1. The van der Waals surface area contributed by atoms with Gasteiger partial charge in [-0.3, -0.25) is 4.98 Å². The lowest BCUT2D eigenvalue weighted by Crippen LogP contribution is -2.36. The van der Waals surface area contributed by atoms with Gasteiger partial charge in [-0.2, -0.15) is 0 Å². The Hall–Kier alpha value is -1.13. The summed E-state index contributed by atoms with van der Waals surface area (Å²) in [5.41, 5.74) is 2.38. The van der Waals surface area contributed by atoms with Crippen molar-refractivity contribution in [3.05, 3.63) is 23.5 Å². The topological polar surface area (TPSA) is 43.4 Å². The Morgan fingerprint density at radius 3 is 2.79 bits per heavy atom. The predicted octanol–water partition coefficient (Wildman–Crippen LogP) is 2.30. The maximum absolute atomic E-state index is 5.42. The van der Waals surface area contributed by atoms with Crippen molar-refractivity contribution in [2.24, 2.45) is 5.41 Å². The first-order chi connectivity index (χ1) is 9.11. The number of ether oxygens (including phenoxy) is 2. The highest BCUT2D eigenvalue weighted by Gasteiger charge is 2.26. The zero-order valence-electron chi connectivity index (χ0n) is 12.2. The Morgan fingerprint density at radius 1 is 1.37 bits per heavy atom. The van der Waals surface area contributed by atoms with Gasteiger partial charge in [-0.25, -0.2) is 0 Å². The molecule has 19 heavy (non-hydrogen) atoms. The maximum atomic E-state index is 5.42. The highest BCUT2D eigenvalue weighted by atomic mass is 16.5. The Balaban J connectivity index is 1.86. The highest BCUT2D eigenvalue weighted by Crippen LogP contribution is 2.28. The van der Waals surface area contributed by atoms with Crippen LogP contribution in [-0.2, 0) is 11.3 Å². The standard InChI is InChI=1S/C15H24N2O2/c1-12-8-14(18-3)9-13(17-12)10-16-11-15(2)4-6-19-7-5-15/h8-9,16H,4-7,10-11H2,1-3H3. The van der Waals surface area contributed by atoms with E-state index in [1.807, 2.05) is 19.1 Å². The Morgan fingerprint density at radius 2 is 2.11 bits per heavy atom. The Bertz CT molecular complexity index is 415. The summed E-state index contributed by atoms with van der Waals surface area (Å²) in [4.78, 5) is 4.52. The number of aryl methyl sites for hydroxylation is 1. The third-order valence-electron chi connectivity index (χ3n) is 3.77. The van der Waals surface area contributed by atoms with Gasteiger partial charge in [-0.15, -0.1) is 0 Å². The second-order valence-electron chi connectivity index (χ2n) is 5.67. The molecule has 0 amide bonds. The zero-order valence-corrected chi connectivity index (χ0v) is 12.2. The van der Waals surface area contributed by atoms with Gasteiger partial charge in [0.15, 0.2) is 0 Å². The van der Waals surface area contributed by atoms with Crippen molar-refractivity contribution in [3.8, 4) is 5.75 Å². The average molecular weight is 264 g/mol. The first kappa shape index (κ1) is 14.3. The fourth-order valence-electron chi connectivity index (χ4n) is 2.44. The van der Waals surface area contributed by atoms with E-state index in [4.69, 9.17) is 9.47 Å². The molecule has 1 aliphatic rings. The van der Waals surface area contributed by atoms with Crippen LogP contribution in [-0.4, -0.2) is 31.9 Å². The van der Waals surface area contributed by atoms with Crippen LogP contribution in [0.25, 0.3) is 0 Å². The van der Waals surface area contributed by atoms with Gasteiger partial charge < -0.3 is 14.8 Å². The molecule has 1 fully saturated rings. The van der Waals surface area contributed by atoms with Crippen molar-refractivity contribution in [2.75, 3.05) is 26.9 Å². The van der Waals surface area contributed by atoms with Crippen LogP contribution in [0.4, 0.5) is 0 Å². The van der Waals surface area contributed by atoms with Crippen molar-refractivity contribution in [2.45, 2.75) is 33.2 Å². The van der Waals surface area contributed by atoms with Crippen LogP contribution >= 0.6 is 0 Å². The van der Waals surface area contributed by atoms with Crippen molar-refractivity contribution in [1.82, 2.24) is 10.3 Å². The molecule has 0 saturated carbocycles. The molecule has 106 valence electrons. The monoisotopic (exact) mass is 264 g/mol. The first-order valence-electron chi connectivity index (χ1n) is 6.91. The van der Waals surface area contributed by atoms with E-state index in [1.54, 1.807) is 7.11 Å². The van der Waals surface area contributed by atoms with Crippen LogP contribution in [0.1, 0.15) is 31.2 Å². The molecule has 1 aromatic heterocycles. The third-order valence-corrected chi connectivity index (χ3v) is 3.77. The van der Waals surface area contributed by atoms with Crippen LogP contribution in [0.3, 0.4) is 0 Å². The molecule has 1 aromatic rings. The lowest BCUT2D eigenvalue weighted by atomic mass is 9.82. The summed E-state index contributed by atoms with van der Waals surface area (Å²) in [5, 5.41) is 3.52. The minimum absolute atomic E-state index is 0.353. The summed E-state index contributed by atoms with van der Waals surface area (Å²) >= 11 is 0. The van der Waals surface area contributed by atoms with E-state index in [1.165, 1.54) is 0 Å². The van der Waals surface area contributed by atoms with E-state index >= 15 is 0 Å². The fraction of sp³-hybridized carbons (Fsp3) is 0.667. The second kappa shape index (κ2) is 6.35. The summed E-state index contributed by atoms with van der Waals surface area (Å²) < 4.78 is 10.7. The van der Waals surface area contributed by atoms with Gasteiger partial charge in [-0.1, -0.05) is 6.92 Å². The summed E-state index contributed by atoms with van der Waals surface area (Å²) in [6.45, 7) is 7.88. The van der Waals surface area contributed by atoms with Crippen LogP contribution in [0, 0.1) is 12.3 Å². The van der Waals surface area contributed by atoms with Gasteiger partial charge in [-0.05, 0) is 25.2 Å². The highest BCUT2D eigenvalue weighted by molar-refractivity contribution is 5.26. The number of aromatic nitrogens is 1. The van der Waals surface area contributed by atoms with Crippen molar-refractivity contribution in [3.63, 3.8) is 0 Å². The molecule has 0 bridgehead atoms. The van der Waals surface area contributed by atoms with Gasteiger partial charge in [0.25, 0.3) is 0 Å². The predicted molar refractivity (Wildman–Crippen MR) is 75.4 cm³/mol. The molecule has 1 saturated heterocycles. The van der Waals surface area contributed by atoms with Gasteiger partial charge in [0.05, 0.1) is 12.8 Å². The molecule has 0 aliphatic carbocycles. The lowest BCUT2D eigenvalue weighted by Gasteiger charge is -2.33. The molecule has 1 N–H and O–H groups in total. The number of hydrogen-bond donors (Lipinski definition) is 1. The van der Waals surface area contributed by atoms with Crippen LogP contribution in [0.15, 0.2) is 12.1 Å². The van der Waals surface area contributed by atoms with Crippen LogP contribution in [0.2, 0.25) is 0 Å². The zero-order chi connectivity index (χ0) is 13.7. The van der Waals surface area contributed by atoms with E-state index in [2.05, 4.69) is 17.2 Å². The average Bonchev–Trinajstić information content (AvgIpc) is 2.38. The molecule has 0 atom stereocenters. The molecule has 4 heteroatoms. The summed E-state index contributed by atoms with van der Waals surface area (Å²) in [7, 11) is 1.69. The first-order valence-corrected chi connectivity index (χ1v) is 6.91. The molecular formula is C15H24N2O2. The molecule has 0 radical (unpaired) electrons. The molecular weight excluding hydrogens is 240 g/mol. The largest absolute Gasteiger partial charge is 0.497 e. The second-order valence-corrected chi connectivity index (χ2v) is 5.67. The number of nitrogens with one attached hydrogen (secondary N) is 1. The van der Waals surface area contributed by atoms with E-state index in [0.29, 0.717) is 5.41 Å². The number of methoxy groups -OCH3 is 1. The van der Waals surface area contributed by atoms with E-state index in [-0.39, 0.29) is 0 Å². The smallest absolute Gasteiger partial charge is 0.122 e. The maximum Gasteiger partial charge on any atom is 0.122 e. The quantitative estimate of drug-likeness (QED) is 0.886. The SMILES string of the molecule is COc1cc(C)nc(CNCC2(C)CCOCC2)c1. The van der Waals surface area contributed by atoms with Crippen LogP contribution in [0.5, 0.6) is 5.75 Å². The molecule has 4 nitrogen and oxygen atoms in total. The van der Waals surface area contributed by atoms with E-state index < -0.39 is 0 Å². The molecule has 0 unspecified atom stereocenters. The van der Waals surface area contributed by atoms with Gasteiger partial charge in [0.2, 0.25) is 0 Å². The van der Waals surface area contributed by atoms with Gasteiger partial charge >= 0.3 is 0 Å². The molecule has 2 heterocycles. The number of nitrogens with zero attached hydrogens (tertiary/aromatic N) is 1. The normalized spacial score (nSPS) is 18.3. The van der Waals surface area contributed by atoms with E-state index in [9.17, 15) is 0 Å². The van der Waals surface area contributed by atoms with Gasteiger partial charge in [0, 0.05) is 44.1 Å². The fourth-order valence-corrected chi connectivity index (χ4v) is 2.44. The summed E-state index contributed by atoms with van der Waals surface area (Å²) in [5.74, 6) is 0.876. The molecule has 2 rings (SSSR count).